The van der Waals surface area contributed by atoms with Crippen LogP contribution >= 0.6 is 12.2 Å². The van der Waals surface area contributed by atoms with Crippen LogP contribution in [0, 0.1) is 24.5 Å². The molecule has 2 aromatic carbocycles. The van der Waals surface area contributed by atoms with Crippen molar-refractivity contribution in [2.24, 2.45) is 5.92 Å². The smallest absolute Gasteiger partial charge is 0.242 e. The molecule has 0 aliphatic carbocycles. The van der Waals surface area contributed by atoms with Gasteiger partial charge in [0.15, 0.2) is 10.6 Å². The normalized spacial score (nSPS) is 14.7. The number of aromatic amines is 1. The zero-order chi connectivity index (χ0) is 21.8. The highest BCUT2D eigenvalue weighted by atomic mass is 32.1. The molecule has 2 heterocycles. The molecule has 1 aliphatic heterocycles. The Morgan fingerprint density at radius 3 is 2.55 bits per heavy atom. The molecule has 0 unspecified atom stereocenters. The Kier molecular flexibility index (Phi) is 6.66. The van der Waals surface area contributed by atoms with Crippen LogP contribution in [-0.2, 0) is 17.8 Å². The first-order valence-electron chi connectivity index (χ1n) is 11.0. The fourth-order valence-corrected chi connectivity index (χ4v) is 4.50. The summed E-state index contributed by atoms with van der Waals surface area (Å²) in [5, 5.41) is 7.22. The third kappa shape index (κ3) is 5.31. The average molecular weight is 435 g/mol. The van der Waals surface area contributed by atoms with Crippen LogP contribution in [0.1, 0.15) is 36.0 Å². The number of amides is 1. The van der Waals surface area contributed by atoms with Gasteiger partial charge < -0.3 is 4.90 Å². The molecule has 1 fully saturated rings. The van der Waals surface area contributed by atoms with Crippen LogP contribution in [-0.4, -0.2) is 38.7 Å². The minimum Gasteiger partial charge on any atom is -0.341 e. The molecular formula is C25H30N4OS. The van der Waals surface area contributed by atoms with E-state index in [1.807, 2.05) is 34.6 Å². The van der Waals surface area contributed by atoms with Gasteiger partial charge in [0, 0.05) is 18.7 Å². The molecular weight excluding hydrogens is 404 g/mol. The molecule has 1 aliphatic rings. The maximum atomic E-state index is 13.0. The van der Waals surface area contributed by atoms with Crippen LogP contribution in [0.2, 0.25) is 0 Å². The van der Waals surface area contributed by atoms with Crippen molar-refractivity contribution in [3.63, 3.8) is 0 Å². The van der Waals surface area contributed by atoms with Crippen molar-refractivity contribution in [1.29, 1.82) is 0 Å². The molecule has 0 bridgehead atoms. The van der Waals surface area contributed by atoms with Crippen LogP contribution < -0.4 is 0 Å². The van der Waals surface area contributed by atoms with Gasteiger partial charge in [0.25, 0.3) is 0 Å². The van der Waals surface area contributed by atoms with Crippen molar-refractivity contribution >= 4 is 18.1 Å². The maximum Gasteiger partial charge on any atom is 0.242 e. The number of nitrogens with one attached hydrogen (secondary N) is 1. The summed E-state index contributed by atoms with van der Waals surface area (Å²) in [6, 6.07) is 16.9. The fraction of sp³-hybridized carbons (Fsp3) is 0.400. The van der Waals surface area contributed by atoms with E-state index in [4.69, 9.17) is 12.2 Å². The molecule has 1 N–H and O–H groups in total. The molecule has 0 radical (unpaired) electrons. The lowest BCUT2D eigenvalue weighted by Crippen LogP contribution is -2.40. The first-order valence-corrected chi connectivity index (χ1v) is 11.5. The lowest BCUT2D eigenvalue weighted by Gasteiger charge is -2.32. The van der Waals surface area contributed by atoms with Crippen LogP contribution in [0.3, 0.4) is 0 Å². The zero-order valence-electron chi connectivity index (χ0n) is 18.3. The van der Waals surface area contributed by atoms with Crippen molar-refractivity contribution in [3.8, 4) is 11.4 Å². The number of carbonyl (C=O) groups excluding carboxylic acids is 1. The van der Waals surface area contributed by atoms with E-state index in [2.05, 4.69) is 47.5 Å². The van der Waals surface area contributed by atoms with E-state index in [-0.39, 0.29) is 12.5 Å². The number of hydrogen-bond donors (Lipinski definition) is 1. The van der Waals surface area contributed by atoms with Crippen LogP contribution in [0.25, 0.3) is 11.4 Å². The number of hydrogen-bond acceptors (Lipinski definition) is 3. The van der Waals surface area contributed by atoms with Crippen LogP contribution in [0.5, 0.6) is 0 Å². The molecule has 4 rings (SSSR count). The SMILES string of the molecule is Cc1ccc(CCC2CCN(C(=O)Cn3c(-c4cccc(C)c4)n[nH]c3=S)CC2)cc1. The Hall–Kier alpha value is -2.73. The Morgan fingerprint density at radius 2 is 1.84 bits per heavy atom. The number of nitrogens with zero attached hydrogens (tertiary/aromatic N) is 3. The molecule has 0 saturated carbocycles. The number of H-pyrrole nitrogens is 1. The highest BCUT2D eigenvalue weighted by molar-refractivity contribution is 7.71. The molecule has 1 saturated heterocycles. The Balaban J connectivity index is 1.33. The highest BCUT2D eigenvalue weighted by Crippen LogP contribution is 2.24. The monoisotopic (exact) mass is 434 g/mol. The quantitative estimate of drug-likeness (QED) is 0.550. The van der Waals surface area contributed by atoms with Gasteiger partial charge in [-0.15, -0.1) is 0 Å². The van der Waals surface area contributed by atoms with Crippen molar-refractivity contribution in [3.05, 3.63) is 70.0 Å². The van der Waals surface area contributed by atoms with Gasteiger partial charge in [0.2, 0.25) is 5.91 Å². The number of piperidine rings is 1. The zero-order valence-corrected chi connectivity index (χ0v) is 19.1. The predicted molar refractivity (Wildman–Crippen MR) is 126 cm³/mol. The van der Waals surface area contributed by atoms with Gasteiger partial charge in [-0.05, 0) is 69.3 Å². The Bertz CT molecular complexity index is 1090. The number of rotatable bonds is 6. The molecule has 162 valence electrons. The lowest BCUT2D eigenvalue weighted by molar-refractivity contribution is -0.133. The molecule has 0 spiro atoms. The molecule has 1 aromatic heterocycles. The Morgan fingerprint density at radius 1 is 1.10 bits per heavy atom. The second-order valence-electron chi connectivity index (χ2n) is 8.66. The van der Waals surface area contributed by atoms with E-state index in [1.165, 1.54) is 17.5 Å². The van der Waals surface area contributed by atoms with E-state index in [0.717, 1.165) is 49.3 Å². The summed E-state index contributed by atoms with van der Waals surface area (Å²) in [4.78, 5) is 15.0. The van der Waals surface area contributed by atoms with Gasteiger partial charge in [-0.25, -0.2) is 0 Å². The standard InChI is InChI=1S/C25H30N4OS/c1-18-6-8-20(9-7-18)10-11-21-12-14-28(15-13-21)23(30)17-29-24(26-27-25(29)31)22-5-3-4-19(2)16-22/h3-9,16,21H,10-15,17H2,1-2H3,(H,27,31). The molecule has 31 heavy (non-hydrogen) atoms. The van der Waals surface area contributed by atoms with Gasteiger partial charge in [0.05, 0.1) is 0 Å². The number of aromatic nitrogens is 3. The first-order chi connectivity index (χ1) is 15.0. The van der Waals surface area contributed by atoms with E-state index in [1.54, 1.807) is 0 Å². The fourth-order valence-electron chi connectivity index (χ4n) is 4.30. The number of benzene rings is 2. The van der Waals surface area contributed by atoms with Gasteiger partial charge >= 0.3 is 0 Å². The van der Waals surface area contributed by atoms with Crippen molar-refractivity contribution in [1.82, 2.24) is 19.7 Å². The third-order valence-electron chi connectivity index (χ3n) is 6.26. The van der Waals surface area contributed by atoms with Crippen molar-refractivity contribution in [2.75, 3.05) is 13.1 Å². The summed E-state index contributed by atoms with van der Waals surface area (Å²) in [6.07, 6.45) is 4.44. The molecule has 1 amide bonds. The lowest BCUT2D eigenvalue weighted by atomic mass is 9.90. The first kappa shape index (κ1) is 21.5. The van der Waals surface area contributed by atoms with E-state index in [9.17, 15) is 4.79 Å². The summed E-state index contributed by atoms with van der Waals surface area (Å²) in [5.41, 5.74) is 4.83. The minimum atomic E-state index is 0.114. The largest absolute Gasteiger partial charge is 0.341 e. The summed E-state index contributed by atoms with van der Waals surface area (Å²) >= 11 is 5.41. The highest BCUT2D eigenvalue weighted by Gasteiger charge is 2.24. The molecule has 0 atom stereocenters. The van der Waals surface area contributed by atoms with Crippen molar-refractivity contribution in [2.45, 2.75) is 46.1 Å². The number of likely N-dealkylation sites (tertiary alicyclic amines) is 1. The average Bonchev–Trinajstić information content (AvgIpc) is 3.14. The molecule has 5 nitrogen and oxygen atoms in total. The van der Waals surface area contributed by atoms with Crippen LogP contribution in [0.4, 0.5) is 0 Å². The number of aryl methyl sites for hydroxylation is 3. The van der Waals surface area contributed by atoms with Gasteiger partial charge in [-0.2, -0.15) is 5.10 Å². The maximum absolute atomic E-state index is 13.0. The van der Waals surface area contributed by atoms with E-state index in [0.29, 0.717) is 10.7 Å². The van der Waals surface area contributed by atoms with E-state index < -0.39 is 0 Å². The van der Waals surface area contributed by atoms with Crippen molar-refractivity contribution < 1.29 is 4.79 Å². The van der Waals surface area contributed by atoms with Gasteiger partial charge in [0.1, 0.15) is 6.54 Å². The summed E-state index contributed by atoms with van der Waals surface area (Å²) in [7, 11) is 0. The van der Waals surface area contributed by atoms with Crippen LogP contribution in [0.15, 0.2) is 48.5 Å². The summed E-state index contributed by atoms with van der Waals surface area (Å²) in [5.74, 6) is 1.52. The van der Waals surface area contributed by atoms with Gasteiger partial charge in [-0.1, -0.05) is 53.6 Å². The van der Waals surface area contributed by atoms with E-state index >= 15 is 0 Å². The third-order valence-corrected chi connectivity index (χ3v) is 6.57. The Labute approximate surface area is 189 Å². The number of carbonyl (C=O) groups is 1. The summed E-state index contributed by atoms with van der Waals surface area (Å²) < 4.78 is 2.30. The minimum absolute atomic E-state index is 0.114. The molecule has 6 heteroatoms. The topological polar surface area (TPSA) is 53.9 Å². The summed E-state index contributed by atoms with van der Waals surface area (Å²) in [6.45, 7) is 6.04. The predicted octanol–water partition coefficient (Wildman–Crippen LogP) is 5.10. The van der Waals surface area contributed by atoms with Gasteiger partial charge in [-0.3, -0.25) is 14.5 Å². The second-order valence-corrected chi connectivity index (χ2v) is 9.04. The second kappa shape index (κ2) is 9.60. The molecule has 3 aromatic rings.